The Morgan fingerprint density at radius 3 is 2.56 bits per heavy atom. The minimum atomic E-state index is 0.349. The van der Waals surface area contributed by atoms with E-state index in [1.54, 1.807) is 0 Å². The van der Waals surface area contributed by atoms with Gasteiger partial charge in [-0.2, -0.15) is 0 Å². The van der Waals surface area contributed by atoms with Crippen molar-refractivity contribution in [2.24, 2.45) is 0 Å². The fourth-order valence-electron chi connectivity index (χ4n) is 5.02. The van der Waals surface area contributed by atoms with Crippen LogP contribution in [0.5, 0.6) is 0 Å². The molecule has 0 saturated heterocycles. The van der Waals surface area contributed by atoms with Crippen molar-refractivity contribution in [3.63, 3.8) is 0 Å². The van der Waals surface area contributed by atoms with Gasteiger partial charge in [-0.25, -0.2) is 0 Å². The summed E-state index contributed by atoms with van der Waals surface area (Å²) < 4.78 is 0. The van der Waals surface area contributed by atoms with Gasteiger partial charge in [0.15, 0.2) is 0 Å². The van der Waals surface area contributed by atoms with Gasteiger partial charge in [0.25, 0.3) is 0 Å². The molecular formula is C27H20. The lowest BCUT2D eigenvalue weighted by molar-refractivity contribution is 1.01. The van der Waals surface area contributed by atoms with Gasteiger partial charge in [0.2, 0.25) is 0 Å². The van der Waals surface area contributed by atoms with E-state index < -0.39 is 0 Å². The summed E-state index contributed by atoms with van der Waals surface area (Å²) in [5.41, 5.74) is 13.0. The molecule has 0 nitrogen and oxygen atoms in total. The average molecular weight is 344 g/mol. The molecular weight excluding hydrogens is 324 g/mol. The van der Waals surface area contributed by atoms with Gasteiger partial charge in [0.1, 0.15) is 0 Å². The molecule has 0 heteroatoms. The molecule has 0 saturated carbocycles. The van der Waals surface area contributed by atoms with Crippen molar-refractivity contribution < 1.29 is 0 Å². The Morgan fingerprint density at radius 2 is 1.63 bits per heavy atom. The van der Waals surface area contributed by atoms with Gasteiger partial charge in [0, 0.05) is 5.92 Å². The first-order valence-electron chi connectivity index (χ1n) is 9.77. The molecule has 1 atom stereocenters. The Hall–Kier alpha value is -3.12. The number of benzene rings is 3. The van der Waals surface area contributed by atoms with Crippen LogP contribution >= 0.6 is 0 Å². The third kappa shape index (κ3) is 2.16. The van der Waals surface area contributed by atoms with Gasteiger partial charge in [-0.3, -0.25) is 0 Å². The van der Waals surface area contributed by atoms with Gasteiger partial charge in [0.05, 0.1) is 0 Å². The lowest BCUT2D eigenvalue weighted by Gasteiger charge is -2.21. The Morgan fingerprint density at radius 1 is 0.778 bits per heavy atom. The predicted octanol–water partition coefficient (Wildman–Crippen LogP) is 6.76. The van der Waals surface area contributed by atoms with E-state index >= 15 is 0 Å². The van der Waals surface area contributed by atoms with Crippen LogP contribution < -0.4 is 0 Å². The zero-order valence-corrected chi connectivity index (χ0v) is 15.2. The van der Waals surface area contributed by atoms with E-state index in [-0.39, 0.29) is 0 Å². The second kappa shape index (κ2) is 5.69. The Bertz CT molecular complexity index is 1170. The zero-order chi connectivity index (χ0) is 17.8. The molecule has 3 aromatic carbocycles. The first-order valence-corrected chi connectivity index (χ1v) is 9.77. The van der Waals surface area contributed by atoms with Crippen LogP contribution in [0.2, 0.25) is 0 Å². The summed E-state index contributed by atoms with van der Waals surface area (Å²) in [6, 6.07) is 22.5. The Kier molecular flexibility index (Phi) is 3.16. The summed E-state index contributed by atoms with van der Waals surface area (Å²) in [6.45, 7) is 0. The number of hydrogen-bond acceptors (Lipinski definition) is 0. The van der Waals surface area contributed by atoms with E-state index in [0.29, 0.717) is 5.92 Å². The molecule has 0 fully saturated rings. The SMILES string of the molecule is C1=CCC(c2ccc3c(c2C2C=Cc4ccccc42)Cc2ccccc2-3)=C1. The van der Waals surface area contributed by atoms with E-state index in [1.807, 2.05) is 0 Å². The summed E-state index contributed by atoms with van der Waals surface area (Å²) >= 11 is 0. The summed E-state index contributed by atoms with van der Waals surface area (Å²) in [4.78, 5) is 0. The average Bonchev–Trinajstić information content (AvgIpc) is 3.45. The van der Waals surface area contributed by atoms with Crippen molar-refractivity contribution in [3.05, 3.63) is 118 Å². The molecule has 6 rings (SSSR count). The summed E-state index contributed by atoms with van der Waals surface area (Å²) in [7, 11) is 0. The normalized spacial score (nSPS) is 18.4. The summed E-state index contributed by atoms with van der Waals surface area (Å²) in [6.07, 6.45) is 13.5. The maximum absolute atomic E-state index is 2.40. The maximum Gasteiger partial charge on any atom is 0.0287 e. The highest BCUT2D eigenvalue weighted by Crippen LogP contribution is 2.47. The highest BCUT2D eigenvalue weighted by molar-refractivity contribution is 5.85. The second-order valence-electron chi connectivity index (χ2n) is 7.68. The molecule has 0 radical (unpaired) electrons. The van der Waals surface area contributed by atoms with E-state index in [0.717, 1.165) is 12.8 Å². The number of fused-ring (bicyclic) bond motifs is 4. The van der Waals surface area contributed by atoms with E-state index in [1.165, 1.54) is 50.1 Å². The van der Waals surface area contributed by atoms with Crippen molar-refractivity contribution in [2.75, 3.05) is 0 Å². The first kappa shape index (κ1) is 15.0. The fourth-order valence-corrected chi connectivity index (χ4v) is 5.02. The molecule has 3 aliphatic rings. The molecule has 0 spiro atoms. The lowest BCUT2D eigenvalue weighted by Crippen LogP contribution is -2.05. The smallest absolute Gasteiger partial charge is 0.0287 e. The van der Waals surface area contributed by atoms with Crippen molar-refractivity contribution >= 4 is 11.6 Å². The Balaban J connectivity index is 1.61. The minimum absolute atomic E-state index is 0.349. The standard InChI is InChI=1S/C27H20/c1-2-8-18(7-1)23-15-16-24-22-12-6-4-10-20(22)17-26(24)27(23)25-14-13-19-9-3-5-11-21(19)25/h1-7,9-16,25H,8,17H2. The van der Waals surface area contributed by atoms with Crippen molar-refractivity contribution in [1.29, 1.82) is 0 Å². The topological polar surface area (TPSA) is 0 Å². The minimum Gasteiger partial charge on any atom is -0.0801 e. The van der Waals surface area contributed by atoms with Crippen LogP contribution in [0.1, 0.15) is 45.7 Å². The highest BCUT2D eigenvalue weighted by atomic mass is 14.3. The monoisotopic (exact) mass is 344 g/mol. The predicted molar refractivity (Wildman–Crippen MR) is 114 cm³/mol. The molecule has 0 aromatic heterocycles. The molecule has 0 N–H and O–H groups in total. The third-order valence-corrected chi connectivity index (χ3v) is 6.26. The zero-order valence-electron chi connectivity index (χ0n) is 15.2. The Labute approximate surface area is 160 Å². The fraction of sp³-hybridized carbons (Fsp3) is 0.111. The van der Waals surface area contributed by atoms with Crippen molar-refractivity contribution in [2.45, 2.75) is 18.8 Å². The molecule has 0 amide bonds. The molecule has 3 aliphatic carbocycles. The largest absolute Gasteiger partial charge is 0.0801 e. The summed E-state index contributed by atoms with van der Waals surface area (Å²) in [5, 5.41) is 0. The highest BCUT2D eigenvalue weighted by Gasteiger charge is 2.30. The molecule has 3 aromatic rings. The van der Waals surface area contributed by atoms with E-state index in [9.17, 15) is 0 Å². The molecule has 0 heterocycles. The van der Waals surface area contributed by atoms with Crippen LogP contribution in [0.4, 0.5) is 0 Å². The van der Waals surface area contributed by atoms with Gasteiger partial charge < -0.3 is 0 Å². The second-order valence-corrected chi connectivity index (χ2v) is 7.68. The molecule has 128 valence electrons. The number of rotatable bonds is 2. The van der Waals surface area contributed by atoms with Crippen LogP contribution in [-0.4, -0.2) is 0 Å². The van der Waals surface area contributed by atoms with E-state index in [4.69, 9.17) is 0 Å². The molecule has 1 unspecified atom stereocenters. The van der Waals surface area contributed by atoms with Crippen LogP contribution in [0.3, 0.4) is 0 Å². The van der Waals surface area contributed by atoms with Gasteiger partial charge in [-0.15, -0.1) is 0 Å². The van der Waals surface area contributed by atoms with Crippen molar-refractivity contribution in [3.8, 4) is 11.1 Å². The van der Waals surface area contributed by atoms with Gasteiger partial charge in [-0.1, -0.05) is 91.0 Å². The van der Waals surface area contributed by atoms with E-state index in [2.05, 4.69) is 91.0 Å². The third-order valence-electron chi connectivity index (χ3n) is 6.26. The van der Waals surface area contributed by atoms with Crippen LogP contribution in [0, 0.1) is 0 Å². The van der Waals surface area contributed by atoms with Crippen LogP contribution in [0.25, 0.3) is 22.8 Å². The summed E-state index contributed by atoms with van der Waals surface area (Å²) in [5.74, 6) is 0.349. The molecule has 27 heavy (non-hydrogen) atoms. The van der Waals surface area contributed by atoms with Crippen molar-refractivity contribution in [1.82, 2.24) is 0 Å². The first-order chi connectivity index (χ1) is 13.4. The quantitative estimate of drug-likeness (QED) is 0.377. The molecule has 0 aliphatic heterocycles. The lowest BCUT2D eigenvalue weighted by atomic mass is 9.82. The number of hydrogen-bond donors (Lipinski definition) is 0. The van der Waals surface area contributed by atoms with Gasteiger partial charge >= 0.3 is 0 Å². The van der Waals surface area contributed by atoms with Gasteiger partial charge in [-0.05, 0) is 62.9 Å². The van der Waals surface area contributed by atoms with Crippen LogP contribution in [0.15, 0.2) is 85.0 Å². The number of allylic oxidation sites excluding steroid dienone is 5. The van der Waals surface area contributed by atoms with Crippen LogP contribution in [-0.2, 0) is 6.42 Å². The maximum atomic E-state index is 2.40. The molecule has 0 bridgehead atoms.